The Bertz CT molecular complexity index is 1590. The standard InChI is InChI=1S/C23H29N.C22H27NO.2CH4/c1-14-3-6-17-10-21-22-19-11-18(19)15(2)12-23(22,20(17)9-14)7-8-24(21)13-16-4-5-16;1-13-2-5-15-9-19-21-17-10-16(17)20(24)11-22(21,18(15)8-13)6-7-23(19)12-14-3-4-14;;/h3,6,9,16,18-19,21-22H,2,4-5,7-8,10-13H2,1H3;2,5,8,14,16-17,19,21H,3-4,6-7,9-12H2,1H3;2*1H4/t18?,19?,21-,22?,23-;16?,17?,19-,21?,22-;;/m11../s1. The zero-order valence-electron chi connectivity index (χ0n) is 29.6. The topological polar surface area (TPSA) is 23.6 Å². The second-order valence-electron chi connectivity index (χ2n) is 19.1. The zero-order chi connectivity index (χ0) is 32.1. The Morgan fingerprint density at radius 2 is 1.18 bits per heavy atom. The first-order valence-electron chi connectivity index (χ1n) is 20.2. The lowest BCUT2D eigenvalue weighted by atomic mass is 9.51. The summed E-state index contributed by atoms with van der Waals surface area (Å²) in [6.45, 7) is 14.3. The van der Waals surface area contributed by atoms with Gasteiger partial charge in [-0.05, 0) is 161 Å². The number of carbonyl (C=O) groups is 1. The third-order valence-electron chi connectivity index (χ3n) is 16.1. The van der Waals surface area contributed by atoms with Crippen molar-refractivity contribution in [2.24, 2.45) is 47.3 Å². The summed E-state index contributed by atoms with van der Waals surface area (Å²) < 4.78 is 0. The molecule has 6 saturated carbocycles. The molecule has 10 atom stereocenters. The molecule has 0 aromatic heterocycles. The maximum absolute atomic E-state index is 12.7. The summed E-state index contributed by atoms with van der Waals surface area (Å²) in [7, 11) is 0. The Labute approximate surface area is 303 Å². The van der Waals surface area contributed by atoms with Gasteiger partial charge >= 0.3 is 0 Å². The fourth-order valence-corrected chi connectivity index (χ4v) is 13.5. The summed E-state index contributed by atoms with van der Waals surface area (Å²) in [5, 5.41) is 0. The SMILES string of the molecule is C.C.C=C1C[C@]23CCN(CC4CC4)[C@H](Cc4ccc(C)cc42)C3C2CC12.Cc1ccc2c(c1)[C@]13CCN(CC4CC4)[C@H](C2)C1C1CC1C(=O)C3. The Morgan fingerprint density at radius 3 is 1.70 bits per heavy atom. The van der Waals surface area contributed by atoms with Gasteiger partial charge in [-0.15, -0.1) is 0 Å². The summed E-state index contributed by atoms with van der Waals surface area (Å²) in [6, 6.07) is 16.0. The highest BCUT2D eigenvalue weighted by atomic mass is 16.1. The van der Waals surface area contributed by atoms with Crippen LogP contribution < -0.4 is 0 Å². The van der Waals surface area contributed by atoms with E-state index in [1.165, 1.54) is 108 Å². The van der Waals surface area contributed by atoms with Crippen molar-refractivity contribution in [3.8, 4) is 0 Å². The molecule has 8 fully saturated rings. The maximum atomic E-state index is 12.7. The van der Waals surface area contributed by atoms with E-state index in [-0.39, 0.29) is 20.3 Å². The van der Waals surface area contributed by atoms with E-state index in [4.69, 9.17) is 0 Å². The molecule has 2 aliphatic heterocycles. The van der Waals surface area contributed by atoms with Crippen LogP contribution in [0.4, 0.5) is 0 Å². The minimum absolute atomic E-state index is 0. The largest absolute Gasteiger partial charge is 0.299 e. The molecule has 2 aromatic rings. The molecule has 6 unspecified atom stereocenters. The number of aryl methyl sites for hydroxylation is 2. The zero-order valence-corrected chi connectivity index (χ0v) is 29.6. The summed E-state index contributed by atoms with van der Waals surface area (Å²) in [6.07, 6.45) is 15.7. The van der Waals surface area contributed by atoms with E-state index in [0.717, 1.165) is 48.0 Å². The molecule has 0 amide bonds. The molecule has 10 aliphatic rings. The number of likely N-dealkylation sites (tertiary alicyclic amines) is 2. The van der Waals surface area contributed by atoms with Gasteiger partial charge in [0.2, 0.25) is 0 Å². The van der Waals surface area contributed by atoms with Crippen molar-refractivity contribution in [3.63, 3.8) is 0 Å². The predicted molar refractivity (Wildman–Crippen MR) is 206 cm³/mol. The van der Waals surface area contributed by atoms with Gasteiger partial charge in [0.25, 0.3) is 0 Å². The summed E-state index contributed by atoms with van der Waals surface area (Å²) >= 11 is 0. The van der Waals surface area contributed by atoms with Gasteiger partial charge in [0, 0.05) is 48.3 Å². The van der Waals surface area contributed by atoms with E-state index in [2.05, 4.69) is 66.6 Å². The lowest BCUT2D eigenvalue weighted by Crippen LogP contribution is -2.63. The Morgan fingerprint density at radius 1 is 0.700 bits per heavy atom. The van der Waals surface area contributed by atoms with E-state index >= 15 is 0 Å². The number of hydrogen-bond acceptors (Lipinski definition) is 3. The first-order chi connectivity index (χ1) is 23.3. The molecule has 12 rings (SSSR count). The third kappa shape index (κ3) is 4.98. The second-order valence-corrected chi connectivity index (χ2v) is 19.1. The van der Waals surface area contributed by atoms with Gasteiger partial charge in [0.15, 0.2) is 0 Å². The van der Waals surface area contributed by atoms with Crippen molar-refractivity contribution < 1.29 is 4.79 Å². The number of carbonyl (C=O) groups excluding carboxylic acids is 1. The van der Waals surface area contributed by atoms with Crippen LogP contribution in [0, 0.1) is 61.2 Å². The average Bonchev–Trinajstić information content (AvgIpc) is 3.89. The van der Waals surface area contributed by atoms with E-state index in [1.807, 2.05) is 0 Å². The fraction of sp³-hybridized carbons (Fsp3) is 0.681. The van der Waals surface area contributed by atoms with E-state index in [9.17, 15) is 4.79 Å². The highest BCUT2D eigenvalue weighted by molar-refractivity contribution is 5.87. The summed E-state index contributed by atoms with van der Waals surface area (Å²) in [4.78, 5) is 18.5. The van der Waals surface area contributed by atoms with E-state index in [1.54, 1.807) is 27.8 Å². The van der Waals surface area contributed by atoms with Crippen LogP contribution in [0.1, 0.15) is 112 Å². The summed E-state index contributed by atoms with van der Waals surface area (Å²) in [5.41, 5.74) is 11.5. The van der Waals surface area contributed by atoms with Crippen LogP contribution in [0.2, 0.25) is 0 Å². The highest BCUT2D eigenvalue weighted by Gasteiger charge is 2.67. The number of piperidine rings is 2. The Hall–Kier alpha value is -2.23. The molecule has 2 heterocycles. The maximum Gasteiger partial charge on any atom is 0.137 e. The number of rotatable bonds is 4. The number of hydrogen-bond donors (Lipinski definition) is 0. The summed E-state index contributed by atoms with van der Waals surface area (Å²) in [5.74, 6) is 7.19. The van der Waals surface area contributed by atoms with Crippen LogP contribution in [0.3, 0.4) is 0 Å². The molecule has 2 aromatic carbocycles. The highest BCUT2D eigenvalue weighted by Crippen LogP contribution is 2.68. The normalized spacial score (nSPS) is 41.2. The number of allylic oxidation sites excluding steroid dienone is 1. The third-order valence-corrected chi connectivity index (χ3v) is 16.1. The smallest absolute Gasteiger partial charge is 0.137 e. The molecule has 268 valence electrons. The first kappa shape index (κ1) is 33.6. The van der Waals surface area contributed by atoms with Crippen LogP contribution in [0.5, 0.6) is 0 Å². The van der Waals surface area contributed by atoms with Gasteiger partial charge in [-0.3, -0.25) is 14.6 Å². The molecule has 3 heteroatoms. The Balaban J connectivity index is 0.000000129. The molecule has 8 aliphatic carbocycles. The molecule has 0 radical (unpaired) electrons. The minimum Gasteiger partial charge on any atom is -0.299 e. The minimum atomic E-state index is 0. The number of fused-ring (bicyclic) bond motifs is 4. The van der Waals surface area contributed by atoms with Crippen LogP contribution in [-0.4, -0.2) is 53.8 Å². The van der Waals surface area contributed by atoms with Crippen LogP contribution in [0.15, 0.2) is 48.6 Å². The molecule has 0 spiro atoms. The number of benzene rings is 2. The fourth-order valence-electron chi connectivity index (χ4n) is 13.5. The number of ketones is 1. The molecule has 3 nitrogen and oxygen atoms in total. The van der Waals surface area contributed by atoms with Crippen molar-refractivity contribution in [3.05, 3.63) is 81.9 Å². The molecular formula is C47H64N2O. The molecule has 50 heavy (non-hydrogen) atoms. The van der Waals surface area contributed by atoms with Crippen LogP contribution >= 0.6 is 0 Å². The van der Waals surface area contributed by atoms with Crippen LogP contribution in [0.25, 0.3) is 0 Å². The second kappa shape index (κ2) is 11.6. The van der Waals surface area contributed by atoms with Crippen molar-refractivity contribution in [2.75, 3.05) is 26.2 Å². The van der Waals surface area contributed by atoms with Gasteiger partial charge in [0.1, 0.15) is 5.78 Å². The van der Waals surface area contributed by atoms with Crippen molar-refractivity contribution >= 4 is 5.78 Å². The van der Waals surface area contributed by atoms with Gasteiger partial charge in [0.05, 0.1) is 0 Å². The van der Waals surface area contributed by atoms with Gasteiger partial charge in [-0.2, -0.15) is 0 Å². The first-order valence-corrected chi connectivity index (χ1v) is 20.2. The van der Waals surface area contributed by atoms with Gasteiger partial charge < -0.3 is 0 Å². The van der Waals surface area contributed by atoms with Crippen LogP contribution in [-0.2, 0) is 28.5 Å². The van der Waals surface area contributed by atoms with Gasteiger partial charge in [-0.25, -0.2) is 0 Å². The lowest BCUT2D eigenvalue weighted by molar-refractivity contribution is -0.128. The predicted octanol–water partition coefficient (Wildman–Crippen LogP) is 9.26. The van der Waals surface area contributed by atoms with E-state index in [0.29, 0.717) is 29.1 Å². The number of nitrogens with zero attached hydrogens (tertiary/aromatic N) is 2. The lowest BCUT2D eigenvalue weighted by Gasteiger charge is -2.59. The molecule has 0 N–H and O–H groups in total. The Kier molecular flexibility index (Phi) is 7.82. The number of Topliss-reactive ketones (excluding diaryl/α,β-unsaturated/α-hetero) is 1. The average molecular weight is 673 g/mol. The molecule has 2 saturated heterocycles. The van der Waals surface area contributed by atoms with Crippen molar-refractivity contribution in [1.29, 1.82) is 0 Å². The van der Waals surface area contributed by atoms with E-state index < -0.39 is 0 Å². The van der Waals surface area contributed by atoms with Gasteiger partial charge in [-0.1, -0.05) is 74.5 Å². The quantitative estimate of drug-likeness (QED) is 0.303. The monoisotopic (exact) mass is 673 g/mol. The molecule has 4 bridgehead atoms. The van der Waals surface area contributed by atoms with Crippen molar-refractivity contribution in [1.82, 2.24) is 9.80 Å². The molecular weight excluding hydrogens is 609 g/mol. The van der Waals surface area contributed by atoms with Crippen molar-refractivity contribution in [2.45, 2.75) is 129 Å².